The molecule has 0 aromatic heterocycles. The number of hydrogen-bond acceptors (Lipinski definition) is 4. The van der Waals surface area contributed by atoms with Gasteiger partial charge in [-0.3, -0.25) is 5.32 Å². The largest absolute Gasteiger partial charge is 0.493 e. The summed E-state index contributed by atoms with van der Waals surface area (Å²) >= 11 is 0. The number of para-hydroxylation sites is 1. The Morgan fingerprint density at radius 1 is 1.45 bits per heavy atom. The van der Waals surface area contributed by atoms with Crippen LogP contribution in [0.1, 0.15) is 25.3 Å². The van der Waals surface area contributed by atoms with E-state index >= 15 is 0 Å². The molecule has 1 aromatic carbocycles. The zero-order valence-electron chi connectivity index (χ0n) is 11.8. The standard InChI is InChI=1S/C16H20N2O2/c1-12-10-20-15-7-3-2-6-14(15)16(12,11-17)18-9-13-5-4-8-19-13/h2-3,6-7,12-13,18H,4-5,8-10H2,1H3. The first-order valence-electron chi connectivity index (χ1n) is 7.26. The van der Waals surface area contributed by atoms with Gasteiger partial charge in [0.1, 0.15) is 11.3 Å². The Morgan fingerprint density at radius 3 is 3.05 bits per heavy atom. The molecule has 4 nitrogen and oxygen atoms in total. The molecule has 2 aliphatic heterocycles. The number of ether oxygens (including phenoxy) is 2. The quantitative estimate of drug-likeness (QED) is 0.916. The van der Waals surface area contributed by atoms with E-state index in [2.05, 4.69) is 18.3 Å². The van der Waals surface area contributed by atoms with Crippen LogP contribution in [0.15, 0.2) is 24.3 Å². The second-order valence-corrected chi connectivity index (χ2v) is 5.64. The van der Waals surface area contributed by atoms with Crippen molar-refractivity contribution in [1.29, 1.82) is 5.26 Å². The number of benzene rings is 1. The highest BCUT2D eigenvalue weighted by molar-refractivity contribution is 5.45. The van der Waals surface area contributed by atoms with Crippen molar-refractivity contribution in [3.8, 4) is 11.8 Å². The number of nitriles is 1. The van der Waals surface area contributed by atoms with E-state index in [-0.39, 0.29) is 12.0 Å². The molecule has 106 valence electrons. The van der Waals surface area contributed by atoms with Crippen molar-refractivity contribution in [2.24, 2.45) is 5.92 Å². The molecular formula is C16H20N2O2. The van der Waals surface area contributed by atoms with Crippen molar-refractivity contribution in [1.82, 2.24) is 5.32 Å². The Kier molecular flexibility index (Phi) is 3.64. The SMILES string of the molecule is CC1COc2ccccc2C1(C#N)NCC1CCCO1. The highest BCUT2D eigenvalue weighted by Gasteiger charge is 2.44. The van der Waals surface area contributed by atoms with Crippen LogP contribution in [0.25, 0.3) is 0 Å². The number of hydrogen-bond donors (Lipinski definition) is 1. The van der Waals surface area contributed by atoms with E-state index in [0.29, 0.717) is 13.2 Å². The van der Waals surface area contributed by atoms with Crippen molar-refractivity contribution in [3.63, 3.8) is 0 Å². The van der Waals surface area contributed by atoms with E-state index in [1.807, 2.05) is 24.3 Å². The summed E-state index contributed by atoms with van der Waals surface area (Å²) in [5, 5.41) is 13.3. The van der Waals surface area contributed by atoms with Crippen LogP contribution in [0.5, 0.6) is 5.75 Å². The summed E-state index contributed by atoms with van der Waals surface area (Å²) in [7, 11) is 0. The third-order valence-electron chi connectivity index (χ3n) is 4.35. The predicted octanol–water partition coefficient (Wildman–Crippen LogP) is 2.20. The summed E-state index contributed by atoms with van der Waals surface area (Å²) in [6, 6.07) is 10.3. The second kappa shape index (κ2) is 5.43. The lowest BCUT2D eigenvalue weighted by Crippen LogP contribution is -2.52. The maximum Gasteiger partial charge on any atom is 0.141 e. The van der Waals surface area contributed by atoms with Gasteiger partial charge in [0, 0.05) is 24.6 Å². The third-order valence-corrected chi connectivity index (χ3v) is 4.35. The van der Waals surface area contributed by atoms with Crippen molar-refractivity contribution in [2.45, 2.75) is 31.4 Å². The minimum Gasteiger partial charge on any atom is -0.493 e. The number of fused-ring (bicyclic) bond motifs is 1. The summed E-state index contributed by atoms with van der Waals surface area (Å²) in [5.74, 6) is 0.913. The monoisotopic (exact) mass is 272 g/mol. The fourth-order valence-electron chi connectivity index (χ4n) is 3.08. The van der Waals surface area contributed by atoms with Crippen LogP contribution in [0.2, 0.25) is 0 Å². The molecule has 3 rings (SSSR count). The first-order chi connectivity index (χ1) is 9.76. The molecule has 0 spiro atoms. The van der Waals surface area contributed by atoms with Crippen molar-refractivity contribution in [3.05, 3.63) is 29.8 Å². The average Bonchev–Trinajstić information content (AvgIpc) is 3.00. The summed E-state index contributed by atoms with van der Waals surface area (Å²) < 4.78 is 11.4. The highest BCUT2D eigenvalue weighted by atomic mass is 16.5. The van der Waals surface area contributed by atoms with Gasteiger partial charge in [0.25, 0.3) is 0 Å². The minimum atomic E-state index is -0.680. The van der Waals surface area contributed by atoms with E-state index in [9.17, 15) is 5.26 Å². The zero-order chi connectivity index (χ0) is 14.0. The highest BCUT2D eigenvalue weighted by Crippen LogP contribution is 2.39. The molecule has 3 atom stereocenters. The lowest BCUT2D eigenvalue weighted by atomic mass is 9.78. The molecule has 2 heterocycles. The van der Waals surface area contributed by atoms with Gasteiger partial charge in [-0.25, -0.2) is 0 Å². The molecule has 0 radical (unpaired) electrons. The van der Waals surface area contributed by atoms with Crippen LogP contribution in [-0.2, 0) is 10.3 Å². The third kappa shape index (κ3) is 2.17. The smallest absolute Gasteiger partial charge is 0.141 e. The fraction of sp³-hybridized carbons (Fsp3) is 0.562. The van der Waals surface area contributed by atoms with Gasteiger partial charge in [0.05, 0.1) is 18.8 Å². The molecule has 20 heavy (non-hydrogen) atoms. The molecule has 4 heteroatoms. The van der Waals surface area contributed by atoms with E-state index in [1.54, 1.807) is 0 Å². The van der Waals surface area contributed by atoms with Gasteiger partial charge in [0.2, 0.25) is 0 Å². The van der Waals surface area contributed by atoms with Gasteiger partial charge in [-0.2, -0.15) is 5.26 Å². The molecule has 3 unspecified atom stereocenters. The Labute approximate surface area is 119 Å². The topological polar surface area (TPSA) is 54.3 Å². The Morgan fingerprint density at radius 2 is 2.30 bits per heavy atom. The van der Waals surface area contributed by atoms with Gasteiger partial charge in [-0.15, -0.1) is 0 Å². The number of nitrogens with zero attached hydrogens (tertiary/aromatic N) is 1. The lowest BCUT2D eigenvalue weighted by Gasteiger charge is -2.39. The van der Waals surface area contributed by atoms with Gasteiger partial charge in [0.15, 0.2) is 0 Å². The molecular weight excluding hydrogens is 252 g/mol. The first kappa shape index (κ1) is 13.4. The van der Waals surface area contributed by atoms with Crippen LogP contribution >= 0.6 is 0 Å². The van der Waals surface area contributed by atoms with Gasteiger partial charge < -0.3 is 9.47 Å². The second-order valence-electron chi connectivity index (χ2n) is 5.64. The molecule has 1 N–H and O–H groups in total. The molecule has 0 saturated carbocycles. The Hall–Kier alpha value is -1.57. The van der Waals surface area contributed by atoms with E-state index in [0.717, 1.165) is 30.8 Å². The van der Waals surface area contributed by atoms with Crippen molar-refractivity contribution < 1.29 is 9.47 Å². The molecule has 1 fully saturated rings. The number of rotatable bonds is 3. The minimum absolute atomic E-state index is 0.101. The van der Waals surface area contributed by atoms with E-state index in [1.165, 1.54) is 0 Å². The van der Waals surface area contributed by atoms with Crippen molar-refractivity contribution >= 4 is 0 Å². The van der Waals surface area contributed by atoms with Gasteiger partial charge >= 0.3 is 0 Å². The van der Waals surface area contributed by atoms with Crippen LogP contribution in [-0.4, -0.2) is 25.9 Å². The molecule has 1 aromatic rings. The van der Waals surface area contributed by atoms with E-state index < -0.39 is 5.54 Å². The van der Waals surface area contributed by atoms with E-state index in [4.69, 9.17) is 9.47 Å². The molecule has 0 aliphatic carbocycles. The predicted molar refractivity (Wildman–Crippen MR) is 75.4 cm³/mol. The first-order valence-corrected chi connectivity index (χ1v) is 7.26. The zero-order valence-corrected chi connectivity index (χ0v) is 11.8. The molecule has 1 saturated heterocycles. The summed E-state index contributed by atoms with van der Waals surface area (Å²) in [6.45, 7) is 4.16. The van der Waals surface area contributed by atoms with Crippen LogP contribution in [0.4, 0.5) is 0 Å². The maximum atomic E-state index is 9.82. The molecule has 0 amide bonds. The van der Waals surface area contributed by atoms with Crippen LogP contribution < -0.4 is 10.1 Å². The summed E-state index contributed by atoms with van der Waals surface area (Å²) in [4.78, 5) is 0. The number of nitrogens with one attached hydrogen (secondary N) is 1. The van der Waals surface area contributed by atoms with Gasteiger partial charge in [-0.05, 0) is 18.9 Å². The fourth-order valence-corrected chi connectivity index (χ4v) is 3.08. The Balaban J connectivity index is 1.87. The summed E-state index contributed by atoms with van der Waals surface area (Å²) in [5.41, 5.74) is 0.264. The summed E-state index contributed by atoms with van der Waals surface area (Å²) in [6.07, 6.45) is 2.41. The molecule has 2 aliphatic rings. The normalized spacial score (nSPS) is 32.2. The molecule has 0 bridgehead atoms. The Bertz CT molecular complexity index is 519. The van der Waals surface area contributed by atoms with Gasteiger partial charge in [-0.1, -0.05) is 25.1 Å². The van der Waals surface area contributed by atoms with Crippen LogP contribution in [0, 0.1) is 17.2 Å². The lowest BCUT2D eigenvalue weighted by molar-refractivity contribution is 0.0884. The van der Waals surface area contributed by atoms with Crippen molar-refractivity contribution in [2.75, 3.05) is 19.8 Å². The van der Waals surface area contributed by atoms with Crippen LogP contribution in [0.3, 0.4) is 0 Å². The average molecular weight is 272 g/mol. The maximum absolute atomic E-state index is 9.82.